The maximum atomic E-state index is 5.01. The number of allylic oxidation sites excluding steroid dienone is 3. The third-order valence-electron chi connectivity index (χ3n) is 1.29. The first-order chi connectivity index (χ1) is 4.34. The molecular formula is C8H10O. The van der Waals surface area contributed by atoms with E-state index in [-0.39, 0.29) is 0 Å². The van der Waals surface area contributed by atoms with Crippen LogP contribution in [0.3, 0.4) is 0 Å². The van der Waals surface area contributed by atoms with Gasteiger partial charge in [0.2, 0.25) is 0 Å². The molecule has 1 aliphatic rings. The minimum Gasteiger partial charge on any atom is -0.496 e. The van der Waals surface area contributed by atoms with Crippen molar-refractivity contribution in [3.05, 3.63) is 36.1 Å². The molecule has 0 aliphatic heterocycles. The highest BCUT2D eigenvalue weighted by Gasteiger charge is 2.00. The largest absolute Gasteiger partial charge is 0.496 e. The Bertz CT molecular complexity index is 175. The third-order valence-corrected chi connectivity index (χ3v) is 1.29. The summed E-state index contributed by atoms with van der Waals surface area (Å²) in [5, 5.41) is 0. The van der Waals surface area contributed by atoms with Crippen molar-refractivity contribution in [1.82, 2.24) is 0 Å². The first-order valence-electron chi connectivity index (χ1n) is 2.94. The van der Waals surface area contributed by atoms with Gasteiger partial charge in [-0.15, -0.1) is 0 Å². The molecule has 48 valence electrons. The van der Waals surface area contributed by atoms with Crippen LogP contribution in [0.2, 0.25) is 0 Å². The molecule has 0 spiro atoms. The zero-order valence-electron chi connectivity index (χ0n) is 5.55. The van der Waals surface area contributed by atoms with Gasteiger partial charge in [-0.3, -0.25) is 0 Å². The fourth-order valence-corrected chi connectivity index (χ4v) is 0.813. The van der Waals surface area contributed by atoms with Gasteiger partial charge in [-0.2, -0.15) is 0 Å². The summed E-state index contributed by atoms with van der Waals surface area (Å²) in [7, 11) is 1.66. The van der Waals surface area contributed by atoms with Crippen molar-refractivity contribution in [3.8, 4) is 0 Å². The highest BCUT2D eigenvalue weighted by Crippen LogP contribution is 2.15. The lowest BCUT2D eigenvalue weighted by Crippen LogP contribution is -1.91. The first-order valence-corrected chi connectivity index (χ1v) is 2.94. The van der Waals surface area contributed by atoms with Crippen molar-refractivity contribution in [2.45, 2.75) is 6.42 Å². The second kappa shape index (κ2) is 2.53. The summed E-state index contributed by atoms with van der Waals surface area (Å²) in [6, 6.07) is 0. The molecule has 1 heteroatoms. The molecule has 1 aliphatic carbocycles. The second-order valence-corrected chi connectivity index (χ2v) is 1.94. The zero-order chi connectivity index (χ0) is 6.69. The van der Waals surface area contributed by atoms with E-state index >= 15 is 0 Å². The van der Waals surface area contributed by atoms with Crippen LogP contribution in [0.4, 0.5) is 0 Å². The van der Waals surface area contributed by atoms with Gasteiger partial charge in [0.15, 0.2) is 0 Å². The molecule has 0 fully saturated rings. The zero-order valence-corrected chi connectivity index (χ0v) is 5.55. The Labute approximate surface area is 55.3 Å². The maximum Gasteiger partial charge on any atom is 0.121 e. The molecule has 0 aromatic carbocycles. The van der Waals surface area contributed by atoms with Crippen LogP contribution in [-0.2, 0) is 4.74 Å². The number of rotatable bonds is 1. The van der Waals surface area contributed by atoms with Crippen LogP contribution < -0.4 is 0 Å². The quantitative estimate of drug-likeness (QED) is 0.517. The molecule has 0 aromatic heterocycles. The SMILES string of the molecule is C=C1C=CCC=C1OC. The summed E-state index contributed by atoms with van der Waals surface area (Å²) in [4.78, 5) is 0. The first kappa shape index (κ1) is 6.14. The molecule has 0 radical (unpaired) electrons. The molecule has 0 heterocycles. The van der Waals surface area contributed by atoms with Gasteiger partial charge >= 0.3 is 0 Å². The van der Waals surface area contributed by atoms with Crippen molar-refractivity contribution in [1.29, 1.82) is 0 Å². The van der Waals surface area contributed by atoms with Crippen molar-refractivity contribution >= 4 is 0 Å². The van der Waals surface area contributed by atoms with E-state index in [0.29, 0.717) is 0 Å². The van der Waals surface area contributed by atoms with E-state index in [9.17, 15) is 0 Å². The second-order valence-electron chi connectivity index (χ2n) is 1.94. The van der Waals surface area contributed by atoms with Crippen LogP contribution in [-0.4, -0.2) is 7.11 Å². The Morgan fingerprint density at radius 1 is 1.67 bits per heavy atom. The Morgan fingerprint density at radius 3 is 2.89 bits per heavy atom. The molecule has 0 bridgehead atoms. The molecule has 0 saturated carbocycles. The average Bonchev–Trinajstić information content (AvgIpc) is 1.89. The predicted molar refractivity (Wildman–Crippen MR) is 38.0 cm³/mol. The van der Waals surface area contributed by atoms with Crippen LogP contribution >= 0.6 is 0 Å². The summed E-state index contributed by atoms with van der Waals surface area (Å²) in [5.41, 5.74) is 0.962. The maximum absolute atomic E-state index is 5.01. The standard InChI is InChI=1S/C8H10O/c1-7-5-3-4-6-8(7)9-2/h3,5-6H,1,4H2,2H3. The molecule has 1 rings (SSSR count). The van der Waals surface area contributed by atoms with Crippen molar-refractivity contribution in [2.24, 2.45) is 0 Å². The van der Waals surface area contributed by atoms with Crippen LogP contribution in [0.1, 0.15) is 6.42 Å². The lowest BCUT2D eigenvalue weighted by molar-refractivity contribution is 0.301. The summed E-state index contributed by atoms with van der Waals surface area (Å²) in [6.45, 7) is 3.79. The highest BCUT2D eigenvalue weighted by molar-refractivity contribution is 5.36. The van der Waals surface area contributed by atoms with Gasteiger partial charge in [-0.25, -0.2) is 0 Å². The minimum absolute atomic E-state index is 0.900. The van der Waals surface area contributed by atoms with Gasteiger partial charge in [0.1, 0.15) is 5.76 Å². The lowest BCUT2D eigenvalue weighted by atomic mass is 10.1. The highest BCUT2D eigenvalue weighted by atomic mass is 16.5. The van der Waals surface area contributed by atoms with Crippen molar-refractivity contribution < 1.29 is 4.74 Å². The molecule has 0 amide bonds. The fraction of sp³-hybridized carbons (Fsp3) is 0.250. The van der Waals surface area contributed by atoms with E-state index in [1.165, 1.54) is 0 Å². The minimum atomic E-state index is 0.900. The Balaban J connectivity index is 2.71. The topological polar surface area (TPSA) is 9.23 Å². The molecular weight excluding hydrogens is 112 g/mol. The summed E-state index contributed by atoms with van der Waals surface area (Å²) in [5.74, 6) is 0.900. The summed E-state index contributed by atoms with van der Waals surface area (Å²) >= 11 is 0. The Hall–Kier alpha value is -0.980. The predicted octanol–water partition coefficient (Wildman–Crippen LogP) is 2.03. The number of hydrogen-bond donors (Lipinski definition) is 0. The van der Waals surface area contributed by atoms with Crippen molar-refractivity contribution in [3.63, 3.8) is 0 Å². The number of methoxy groups -OCH3 is 1. The van der Waals surface area contributed by atoms with E-state index in [0.717, 1.165) is 17.8 Å². The normalized spacial score (nSPS) is 17.4. The molecule has 9 heavy (non-hydrogen) atoms. The molecule has 0 N–H and O–H groups in total. The van der Waals surface area contributed by atoms with E-state index < -0.39 is 0 Å². The van der Waals surface area contributed by atoms with Crippen LogP contribution in [0.15, 0.2) is 36.1 Å². The van der Waals surface area contributed by atoms with Gasteiger partial charge in [-0.1, -0.05) is 18.7 Å². The summed E-state index contributed by atoms with van der Waals surface area (Å²) < 4.78 is 5.01. The average molecular weight is 122 g/mol. The van der Waals surface area contributed by atoms with E-state index in [1.807, 2.05) is 12.2 Å². The van der Waals surface area contributed by atoms with Crippen LogP contribution in [0.25, 0.3) is 0 Å². The molecule has 0 unspecified atom stereocenters. The van der Waals surface area contributed by atoms with E-state index in [2.05, 4.69) is 12.7 Å². The Morgan fingerprint density at radius 2 is 2.44 bits per heavy atom. The molecule has 1 nitrogen and oxygen atoms in total. The van der Waals surface area contributed by atoms with Gasteiger partial charge in [-0.05, 0) is 12.5 Å². The Kier molecular flexibility index (Phi) is 1.73. The smallest absolute Gasteiger partial charge is 0.121 e. The molecule has 0 saturated heterocycles. The monoisotopic (exact) mass is 122 g/mol. The van der Waals surface area contributed by atoms with Gasteiger partial charge in [0, 0.05) is 5.57 Å². The van der Waals surface area contributed by atoms with Crippen molar-refractivity contribution in [2.75, 3.05) is 7.11 Å². The number of hydrogen-bond acceptors (Lipinski definition) is 1. The van der Waals surface area contributed by atoms with Crippen LogP contribution in [0.5, 0.6) is 0 Å². The van der Waals surface area contributed by atoms with Gasteiger partial charge < -0.3 is 4.74 Å². The van der Waals surface area contributed by atoms with E-state index in [1.54, 1.807) is 7.11 Å². The lowest BCUT2D eigenvalue weighted by Gasteiger charge is -2.07. The van der Waals surface area contributed by atoms with E-state index in [4.69, 9.17) is 4.74 Å². The molecule has 0 aromatic rings. The van der Waals surface area contributed by atoms with Gasteiger partial charge in [0.25, 0.3) is 0 Å². The summed E-state index contributed by atoms with van der Waals surface area (Å²) in [6.07, 6.45) is 7.01. The third kappa shape index (κ3) is 1.22. The molecule has 0 atom stereocenters. The fourth-order valence-electron chi connectivity index (χ4n) is 0.813. The van der Waals surface area contributed by atoms with Crippen LogP contribution in [0, 0.1) is 0 Å². The van der Waals surface area contributed by atoms with Gasteiger partial charge in [0.05, 0.1) is 7.11 Å². The number of ether oxygens (including phenoxy) is 1.